The van der Waals surface area contributed by atoms with E-state index in [0.29, 0.717) is 25.3 Å². The number of carbonyl (C=O) groups excluding carboxylic acids is 2. The van der Waals surface area contributed by atoms with E-state index in [1.165, 1.54) is 0 Å². The summed E-state index contributed by atoms with van der Waals surface area (Å²) in [6.07, 6.45) is 1.38. The summed E-state index contributed by atoms with van der Waals surface area (Å²) in [6.45, 7) is 5.02. The zero-order chi connectivity index (χ0) is 18.7. The lowest BCUT2D eigenvalue weighted by molar-refractivity contribution is -0.145. The number of fused-ring (bicyclic) bond motifs is 1. The molecule has 142 valence electrons. The van der Waals surface area contributed by atoms with Crippen LogP contribution in [-0.2, 0) is 16.1 Å². The minimum Gasteiger partial charge on any atom is -0.484 e. The molecule has 26 heavy (non-hydrogen) atoms. The maximum absolute atomic E-state index is 11.7. The molecule has 0 bridgehead atoms. The number of hydrogen-bond donors (Lipinski definition) is 2. The number of ether oxygens (including phenoxy) is 1. The molecule has 3 N–H and O–H groups in total. The van der Waals surface area contributed by atoms with Crippen LogP contribution >= 0.6 is 0 Å². The second-order valence-corrected chi connectivity index (χ2v) is 7.40. The summed E-state index contributed by atoms with van der Waals surface area (Å²) < 4.78 is 5.36. The minimum absolute atomic E-state index is 0.0724. The van der Waals surface area contributed by atoms with Crippen molar-refractivity contribution in [2.75, 3.05) is 32.8 Å². The second-order valence-electron chi connectivity index (χ2n) is 7.40. The Balaban J connectivity index is 1.62. The van der Waals surface area contributed by atoms with Crippen LogP contribution in [0.2, 0.25) is 0 Å². The molecule has 0 spiro atoms. The number of piperidine rings is 2. The molecule has 0 saturated carbocycles. The fourth-order valence-electron chi connectivity index (χ4n) is 3.95. The lowest BCUT2D eigenvalue weighted by atomic mass is 9.75. The van der Waals surface area contributed by atoms with E-state index in [9.17, 15) is 14.7 Å². The summed E-state index contributed by atoms with van der Waals surface area (Å²) in [4.78, 5) is 26.7. The van der Waals surface area contributed by atoms with Gasteiger partial charge in [-0.2, -0.15) is 0 Å². The highest BCUT2D eigenvalue weighted by Crippen LogP contribution is 2.36. The van der Waals surface area contributed by atoms with Gasteiger partial charge in [-0.25, -0.2) is 0 Å². The molecule has 0 radical (unpaired) electrons. The van der Waals surface area contributed by atoms with Crippen molar-refractivity contribution in [2.45, 2.75) is 31.9 Å². The van der Waals surface area contributed by atoms with Gasteiger partial charge in [-0.3, -0.25) is 14.5 Å². The van der Waals surface area contributed by atoms with Crippen LogP contribution in [0.25, 0.3) is 0 Å². The Bertz CT molecular complexity index is 681. The van der Waals surface area contributed by atoms with Crippen molar-refractivity contribution < 1.29 is 19.4 Å². The van der Waals surface area contributed by atoms with Gasteiger partial charge in [0.15, 0.2) is 6.61 Å². The van der Waals surface area contributed by atoms with Gasteiger partial charge in [0.1, 0.15) is 5.75 Å². The van der Waals surface area contributed by atoms with E-state index < -0.39 is 11.5 Å². The Morgan fingerprint density at radius 1 is 1.31 bits per heavy atom. The number of likely N-dealkylation sites (tertiary alicyclic amines) is 2. The van der Waals surface area contributed by atoms with Crippen molar-refractivity contribution in [2.24, 2.45) is 11.7 Å². The molecule has 2 amide bonds. The predicted molar refractivity (Wildman–Crippen MR) is 96.3 cm³/mol. The highest BCUT2D eigenvalue weighted by atomic mass is 16.5. The average molecular weight is 361 g/mol. The average Bonchev–Trinajstić information content (AvgIpc) is 2.60. The molecule has 7 heteroatoms. The quantitative estimate of drug-likeness (QED) is 0.789. The van der Waals surface area contributed by atoms with Crippen LogP contribution < -0.4 is 10.5 Å². The number of primary amides is 1. The van der Waals surface area contributed by atoms with Gasteiger partial charge >= 0.3 is 0 Å². The molecular weight excluding hydrogens is 334 g/mol. The molecule has 0 aliphatic carbocycles. The molecular formula is C19H27N3O4. The molecule has 1 aromatic carbocycles. The van der Waals surface area contributed by atoms with Crippen molar-refractivity contribution in [3.05, 3.63) is 29.8 Å². The number of nitrogens with zero attached hydrogens (tertiary/aromatic N) is 2. The number of hydrogen-bond acceptors (Lipinski definition) is 5. The Kier molecular flexibility index (Phi) is 5.48. The highest BCUT2D eigenvalue weighted by Gasteiger charge is 2.45. The number of amides is 2. The number of carbonyl (C=O) groups is 2. The summed E-state index contributed by atoms with van der Waals surface area (Å²) in [6, 6.07) is 7.62. The topological polar surface area (TPSA) is 96.1 Å². The third-order valence-corrected chi connectivity index (χ3v) is 5.49. The van der Waals surface area contributed by atoms with E-state index in [1.807, 2.05) is 23.1 Å². The van der Waals surface area contributed by atoms with Crippen molar-refractivity contribution in [3.8, 4) is 5.75 Å². The Morgan fingerprint density at radius 2 is 2.08 bits per heavy atom. The first-order chi connectivity index (χ1) is 12.4. The molecule has 0 unspecified atom stereocenters. The third kappa shape index (κ3) is 4.34. The largest absolute Gasteiger partial charge is 0.484 e. The molecule has 2 atom stereocenters. The lowest BCUT2D eigenvalue weighted by Gasteiger charge is -2.50. The monoisotopic (exact) mass is 361 g/mol. The summed E-state index contributed by atoms with van der Waals surface area (Å²) in [5.41, 5.74) is 5.53. The van der Waals surface area contributed by atoms with Gasteiger partial charge in [-0.15, -0.1) is 0 Å². The predicted octanol–water partition coefficient (Wildman–Crippen LogP) is 0.356. The van der Waals surface area contributed by atoms with Crippen LogP contribution in [-0.4, -0.2) is 65.1 Å². The van der Waals surface area contributed by atoms with Crippen LogP contribution in [0.1, 0.15) is 25.3 Å². The van der Waals surface area contributed by atoms with Crippen LogP contribution in [0.5, 0.6) is 5.75 Å². The van der Waals surface area contributed by atoms with Crippen molar-refractivity contribution >= 4 is 11.8 Å². The summed E-state index contributed by atoms with van der Waals surface area (Å²) in [5, 5.41) is 10.9. The number of benzene rings is 1. The van der Waals surface area contributed by atoms with E-state index in [4.69, 9.17) is 10.5 Å². The van der Waals surface area contributed by atoms with Gasteiger partial charge in [0, 0.05) is 45.6 Å². The van der Waals surface area contributed by atoms with Gasteiger partial charge in [0.25, 0.3) is 5.91 Å². The number of aliphatic hydroxyl groups is 1. The fourth-order valence-corrected chi connectivity index (χ4v) is 3.95. The van der Waals surface area contributed by atoms with Gasteiger partial charge in [0.2, 0.25) is 5.91 Å². The molecule has 2 heterocycles. The van der Waals surface area contributed by atoms with Crippen molar-refractivity contribution in [1.29, 1.82) is 0 Å². The van der Waals surface area contributed by atoms with E-state index in [1.54, 1.807) is 13.0 Å². The van der Waals surface area contributed by atoms with E-state index in [2.05, 4.69) is 4.90 Å². The molecule has 7 nitrogen and oxygen atoms in total. The molecule has 2 fully saturated rings. The molecule has 2 aliphatic heterocycles. The van der Waals surface area contributed by atoms with Crippen LogP contribution in [0, 0.1) is 5.92 Å². The Hall–Kier alpha value is -2.12. The molecule has 1 aromatic rings. The fraction of sp³-hybridized carbons (Fsp3) is 0.579. The van der Waals surface area contributed by atoms with E-state index in [-0.39, 0.29) is 18.4 Å². The maximum atomic E-state index is 11.7. The highest BCUT2D eigenvalue weighted by molar-refractivity contribution is 5.75. The van der Waals surface area contributed by atoms with Gasteiger partial charge < -0.3 is 20.5 Å². The minimum atomic E-state index is -0.658. The second kappa shape index (κ2) is 7.63. The van der Waals surface area contributed by atoms with Crippen LogP contribution in [0.4, 0.5) is 0 Å². The molecule has 2 saturated heterocycles. The van der Waals surface area contributed by atoms with Gasteiger partial charge in [0.05, 0.1) is 5.60 Å². The van der Waals surface area contributed by atoms with Gasteiger partial charge in [-0.1, -0.05) is 12.1 Å². The zero-order valence-corrected chi connectivity index (χ0v) is 15.2. The molecule has 0 aromatic heterocycles. The SMILES string of the molecule is CC(=O)N1CC[C@]2(O)CCN(Cc3cccc(OCC(N)=O)c3)C[C@@H]2C1. The van der Waals surface area contributed by atoms with E-state index >= 15 is 0 Å². The Morgan fingerprint density at radius 3 is 2.81 bits per heavy atom. The van der Waals surface area contributed by atoms with Crippen LogP contribution in [0.15, 0.2) is 24.3 Å². The molecule has 2 aliphatic rings. The number of nitrogens with two attached hydrogens (primary N) is 1. The zero-order valence-electron chi connectivity index (χ0n) is 15.2. The summed E-state index contributed by atoms with van der Waals surface area (Å²) in [5.74, 6) is 0.264. The first kappa shape index (κ1) is 18.7. The van der Waals surface area contributed by atoms with E-state index in [0.717, 1.165) is 31.6 Å². The number of rotatable bonds is 5. The Labute approximate surface area is 153 Å². The van der Waals surface area contributed by atoms with Crippen molar-refractivity contribution in [1.82, 2.24) is 9.80 Å². The normalized spacial score (nSPS) is 26.2. The first-order valence-electron chi connectivity index (χ1n) is 9.06. The summed E-state index contributed by atoms with van der Waals surface area (Å²) in [7, 11) is 0. The van der Waals surface area contributed by atoms with Gasteiger partial charge in [-0.05, 0) is 30.5 Å². The lowest BCUT2D eigenvalue weighted by Crippen LogP contribution is -2.60. The smallest absolute Gasteiger partial charge is 0.255 e. The summed E-state index contributed by atoms with van der Waals surface area (Å²) >= 11 is 0. The third-order valence-electron chi connectivity index (χ3n) is 5.49. The van der Waals surface area contributed by atoms with Crippen molar-refractivity contribution in [3.63, 3.8) is 0 Å². The first-order valence-corrected chi connectivity index (χ1v) is 9.06. The standard InChI is InChI=1S/C19H27N3O4/c1-14(23)22-8-6-19(25)5-7-21(11-16(19)12-22)10-15-3-2-4-17(9-15)26-13-18(20)24/h2-4,9,16,25H,5-8,10-13H2,1H3,(H2,20,24)/t16-,19-/m1/s1. The maximum Gasteiger partial charge on any atom is 0.255 e. The van der Waals surface area contributed by atoms with Crippen LogP contribution in [0.3, 0.4) is 0 Å². The molecule has 3 rings (SSSR count).